The van der Waals surface area contributed by atoms with E-state index in [1.807, 2.05) is 13.8 Å². The minimum atomic E-state index is -0.892. The lowest BCUT2D eigenvalue weighted by Gasteiger charge is -2.28. The first-order chi connectivity index (χ1) is 7.81. The van der Waals surface area contributed by atoms with Crippen molar-refractivity contribution in [3.63, 3.8) is 0 Å². The van der Waals surface area contributed by atoms with Crippen LogP contribution >= 0.6 is 0 Å². The fraction of sp³-hybridized carbons (Fsp3) is 0.769. The number of rotatable bonds is 8. The second kappa shape index (κ2) is 7.45. The van der Waals surface area contributed by atoms with Crippen LogP contribution in [0.2, 0.25) is 0 Å². The van der Waals surface area contributed by atoms with Gasteiger partial charge in [0.1, 0.15) is 6.10 Å². The molecule has 100 valence electrons. The highest BCUT2D eigenvalue weighted by Crippen LogP contribution is 2.14. The predicted octanol–water partition coefficient (Wildman–Crippen LogP) is 1.49. The molecular weight excluding hydrogens is 218 g/mol. The molecule has 0 aromatic rings. The van der Waals surface area contributed by atoms with Crippen LogP contribution in [0.25, 0.3) is 0 Å². The summed E-state index contributed by atoms with van der Waals surface area (Å²) in [6.45, 7) is 11.5. The molecule has 4 nitrogen and oxygen atoms in total. The summed E-state index contributed by atoms with van der Waals surface area (Å²) in [5.41, 5.74) is -0.892. The molecule has 17 heavy (non-hydrogen) atoms. The number of hydrogen-bond donors (Lipinski definition) is 2. The summed E-state index contributed by atoms with van der Waals surface area (Å²) in [6, 6.07) is 0. The number of amides is 1. The Bertz CT molecular complexity index is 249. The molecule has 0 fully saturated rings. The summed E-state index contributed by atoms with van der Waals surface area (Å²) in [7, 11) is 0. The Morgan fingerprint density at radius 3 is 2.59 bits per heavy atom. The second-order valence-corrected chi connectivity index (χ2v) is 4.82. The molecule has 2 atom stereocenters. The zero-order valence-electron chi connectivity index (χ0n) is 11.3. The van der Waals surface area contributed by atoms with E-state index in [4.69, 9.17) is 4.74 Å². The maximum Gasteiger partial charge on any atom is 0.248 e. The van der Waals surface area contributed by atoms with Crippen molar-refractivity contribution in [2.24, 2.45) is 5.92 Å². The van der Waals surface area contributed by atoms with Crippen LogP contribution < -0.4 is 5.32 Å². The molecule has 0 aromatic carbocycles. The van der Waals surface area contributed by atoms with Crippen LogP contribution in [0.1, 0.15) is 34.1 Å². The monoisotopic (exact) mass is 243 g/mol. The Morgan fingerprint density at radius 2 is 2.12 bits per heavy atom. The highest BCUT2D eigenvalue weighted by Gasteiger charge is 2.26. The fourth-order valence-corrected chi connectivity index (χ4v) is 1.02. The van der Waals surface area contributed by atoms with E-state index in [9.17, 15) is 9.90 Å². The van der Waals surface area contributed by atoms with Gasteiger partial charge in [-0.05, 0) is 26.2 Å². The van der Waals surface area contributed by atoms with Gasteiger partial charge >= 0.3 is 0 Å². The Balaban J connectivity index is 3.96. The molecule has 0 heterocycles. The van der Waals surface area contributed by atoms with E-state index in [2.05, 4.69) is 11.9 Å². The molecule has 2 unspecified atom stereocenters. The van der Waals surface area contributed by atoms with Gasteiger partial charge in [-0.15, -0.1) is 6.58 Å². The van der Waals surface area contributed by atoms with Gasteiger partial charge in [-0.1, -0.05) is 19.9 Å². The molecule has 4 heteroatoms. The molecule has 0 spiro atoms. The lowest BCUT2D eigenvalue weighted by Crippen LogP contribution is -2.47. The smallest absolute Gasteiger partial charge is 0.248 e. The molecule has 0 aromatic heterocycles. The first kappa shape index (κ1) is 16.1. The summed E-state index contributed by atoms with van der Waals surface area (Å²) >= 11 is 0. The number of ether oxygens (including phenoxy) is 1. The molecule has 0 aliphatic carbocycles. The Labute approximate surface area is 104 Å². The Hall–Kier alpha value is -0.870. The maximum atomic E-state index is 11.6. The molecule has 0 rings (SSSR count). The Morgan fingerprint density at radius 1 is 1.53 bits per heavy atom. The zero-order chi connectivity index (χ0) is 13.5. The maximum absolute atomic E-state index is 11.6. The lowest BCUT2D eigenvalue weighted by molar-refractivity contribution is -0.133. The third-order valence-electron chi connectivity index (χ3n) is 2.92. The number of carbonyl (C=O) groups is 1. The predicted molar refractivity (Wildman–Crippen MR) is 68.7 cm³/mol. The van der Waals surface area contributed by atoms with Crippen LogP contribution in [-0.2, 0) is 9.53 Å². The van der Waals surface area contributed by atoms with Gasteiger partial charge in [0, 0.05) is 6.54 Å². The molecule has 2 N–H and O–H groups in total. The van der Waals surface area contributed by atoms with Crippen LogP contribution in [-0.4, -0.2) is 35.9 Å². The van der Waals surface area contributed by atoms with Gasteiger partial charge in [0.25, 0.3) is 0 Å². The van der Waals surface area contributed by atoms with Gasteiger partial charge in [0.05, 0.1) is 12.2 Å². The van der Waals surface area contributed by atoms with Crippen LogP contribution in [0.3, 0.4) is 0 Å². The Kier molecular flexibility index (Phi) is 7.07. The first-order valence-electron chi connectivity index (χ1n) is 6.04. The van der Waals surface area contributed by atoms with Crippen molar-refractivity contribution >= 4 is 5.91 Å². The molecule has 0 bridgehead atoms. The highest BCUT2D eigenvalue weighted by atomic mass is 16.5. The zero-order valence-corrected chi connectivity index (χ0v) is 11.3. The summed E-state index contributed by atoms with van der Waals surface area (Å²) in [5.74, 6) is -0.116. The van der Waals surface area contributed by atoms with E-state index >= 15 is 0 Å². The van der Waals surface area contributed by atoms with Gasteiger partial charge in [0.15, 0.2) is 0 Å². The van der Waals surface area contributed by atoms with Gasteiger partial charge in [0.2, 0.25) is 5.91 Å². The quantitative estimate of drug-likeness (QED) is 0.501. The summed E-state index contributed by atoms with van der Waals surface area (Å²) in [5, 5.41) is 12.7. The third-order valence-corrected chi connectivity index (χ3v) is 2.92. The molecular formula is C13H25NO3. The van der Waals surface area contributed by atoms with Gasteiger partial charge < -0.3 is 15.2 Å². The van der Waals surface area contributed by atoms with Gasteiger partial charge in [-0.2, -0.15) is 0 Å². The number of carbonyl (C=O) groups excluding carboxylic acids is 1. The van der Waals surface area contributed by atoms with E-state index < -0.39 is 11.7 Å². The van der Waals surface area contributed by atoms with Crippen molar-refractivity contribution in [2.75, 3.05) is 13.2 Å². The normalized spacial score (nSPS) is 16.4. The number of nitrogens with one attached hydrogen (secondary N) is 1. The molecule has 0 radical (unpaired) electrons. The van der Waals surface area contributed by atoms with Crippen LogP contribution in [0.15, 0.2) is 12.7 Å². The summed E-state index contributed by atoms with van der Waals surface area (Å²) < 4.78 is 5.30. The molecule has 0 saturated carbocycles. The van der Waals surface area contributed by atoms with Crippen LogP contribution in [0.5, 0.6) is 0 Å². The van der Waals surface area contributed by atoms with E-state index in [0.29, 0.717) is 6.61 Å². The number of aliphatic hydroxyl groups is 1. The average molecular weight is 243 g/mol. The van der Waals surface area contributed by atoms with Crippen molar-refractivity contribution in [3.05, 3.63) is 12.7 Å². The average Bonchev–Trinajstić information content (AvgIpc) is 2.26. The summed E-state index contributed by atoms with van der Waals surface area (Å²) in [6.07, 6.45) is 1.97. The lowest BCUT2D eigenvalue weighted by atomic mass is 9.92. The van der Waals surface area contributed by atoms with E-state index in [0.717, 1.165) is 6.42 Å². The third kappa shape index (κ3) is 6.44. The van der Waals surface area contributed by atoms with Gasteiger partial charge in [-0.25, -0.2) is 0 Å². The molecule has 1 amide bonds. The van der Waals surface area contributed by atoms with Crippen molar-refractivity contribution in [1.29, 1.82) is 0 Å². The van der Waals surface area contributed by atoms with E-state index in [1.54, 1.807) is 19.9 Å². The number of hydrogen-bond acceptors (Lipinski definition) is 3. The second-order valence-electron chi connectivity index (χ2n) is 4.82. The highest BCUT2D eigenvalue weighted by molar-refractivity contribution is 5.80. The first-order valence-corrected chi connectivity index (χ1v) is 6.04. The minimum absolute atomic E-state index is 0.0831. The van der Waals surface area contributed by atoms with E-state index in [1.165, 1.54) is 0 Å². The van der Waals surface area contributed by atoms with Crippen molar-refractivity contribution < 1.29 is 14.6 Å². The SMILES string of the molecule is C=CCCOC(C)C(=O)NCC(C)(O)C(C)C. The van der Waals surface area contributed by atoms with Crippen LogP contribution in [0, 0.1) is 5.92 Å². The minimum Gasteiger partial charge on any atom is -0.388 e. The van der Waals surface area contributed by atoms with Crippen molar-refractivity contribution in [3.8, 4) is 0 Å². The molecule has 0 aliphatic heterocycles. The van der Waals surface area contributed by atoms with E-state index in [-0.39, 0.29) is 18.4 Å². The summed E-state index contributed by atoms with van der Waals surface area (Å²) in [4.78, 5) is 11.6. The van der Waals surface area contributed by atoms with Crippen LogP contribution in [0.4, 0.5) is 0 Å². The molecule has 0 saturated heterocycles. The van der Waals surface area contributed by atoms with Gasteiger partial charge in [-0.3, -0.25) is 4.79 Å². The van der Waals surface area contributed by atoms with Crippen molar-refractivity contribution in [2.45, 2.75) is 45.8 Å². The topological polar surface area (TPSA) is 58.6 Å². The standard InChI is InChI=1S/C13H25NO3/c1-6-7-8-17-11(4)12(15)14-9-13(5,16)10(2)3/h6,10-11,16H,1,7-9H2,2-5H3,(H,14,15). The largest absolute Gasteiger partial charge is 0.388 e. The molecule has 0 aliphatic rings. The fourth-order valence-electron chi connectivity index (χ4n) is 1.02. The van der Waals surface area contributed by atoms with Crippen molar-refractivity contribution in [1.82, 2.24) is 5.32 Å².